The summed E-state index contributed by atoms with van der Waals surface area (Å²) in [6, 6.07) is 8.97. The summed E-state index contributed by atoms with van der Waals surface area (Å²) in [6.07, 6.45) is 4.01. The summed E-state index contributed by atoms with van der Waals surface area (Å²) in [6.45, 7) is 2.05. The van der Waals surface area contributed by atoms with Gasteiger partial charge in [0.25, 0.3) is 5.91 Å². The molecule has 0 aliphatic carbocycles. The number of nitrogens with two attached hydrogens (primary N) is 1. The van der Waals surface area contributed by atoms with Gasteiger partial charge in [0.05, 0.1) is 12.2 Å². The number of carbonyl (C=O) groups is 1. The van der Waals surface area contributed by atoms with Crippen molar-refractivity contribution in [2.45, 2.75) is 19.4 Å². The maximum Gasteiger partial charge on any atom is 0.271 e. The molecule has 2 aromatic heterocycles. The molecule has 0 saturated carbocycles. The first kappa shape index (κ1) is 16.9. The minimum atomic E-state index is -0.790. The number of nitrogens with zero attached hydrogens (tertiary/aromatic N) is 4. The Labute approximate surface area is 149 Å². The van der Waals surface area contributed by atoms with E-state index in [1.165, 1.54) is 12.3 Å². The van der Waals surface area contributed by atoms with Crippen LogP contribution in [0.2, 0.25) is 5.02 Å². The number of halogens is 1. The predicted molar refractivity (Wildman–Crippen MR) is 93.3 cm³/mol. The molecule has 1 aromatic carbocycles. The number of carbonyl (C=O) groups excluding carboxylic acids is 1. The highest BCUT2D eigenvalue weighted by atomic mass is 35.5. The molecule has 3 N–H and O–H groups in total. The van der Waals surface area contributed by atoms with Crippen molar-refractivity contribution in [3.8, 4) is 17.0 Å². The van der Waals surface area contributed by atoms with Crippen molar-refractivity contribution in [1.82, 2.24) is 20.0 Å². The Hall–Kier alpha value is -2.93. The van der Waals surface area contributed by atoms with E-state index in [9.17, 15) is 9.90 Å². The molecule has 0 saturated heterocycles. The normalized spacial score (nSPS) is 12.1. The number of pyridine rings is 1. The number of rotatable bonds is 5. The van der Waals surface area contributed by atoms with E-state index in [2.05, 4.69) is 22.2 Å². The highest BCUT2D eigenvalue weighted by molar-refractivity contribution is 6.30. The molecule has 0 aliphatic heterocycles. The number of aromatic nitrogens is 4. The van der Waals surface area contributed by atoms with E-state index in [0.717, 1.165) is 12.0 Å². The summed E-state index contributed by atoms with van der Waals surface area (Å²) in [5, 5.41) is 18.8. The Morgan fingerprint density at radius 3 is 2.68 bits per heavy atom. The van der Waals surface area contributed by atoms with Gasteiger partial charge in [0.15, 0.2) is 5.69 Å². The van der Waals surface area contributed by atoms with Gasteiger partial charge in [-0.1, -0.05) is 35.9 Å². The first-order valence-electron chi connectivity index (χ1n) is 7.66. The summed E-state index contributed by atoms with van der Waals surface area (Å²) in [5.41, 5.74) is 7.10. The van der Waals surface area contributed by atoms with E-state index in [-0.39, 0.29) is 17.5 Å². The van der Waals surface area contributed by atoms with Crippen molar-refractivity contribution in [3.05, 3.63) is 59.0 Å². The topological polar surface area (TPSA) is 107 Å². The van der Waals surface area contributed by atoms with Crippen LogP contribution in [0.3, 0.4) is 0 Å². The molecular formula is C17H16ClN5O2. The van der Waals surface area contributed by atoms with Crippen molar-refractivity contribution in [2.24, 2.45) is 5.73 Å². The van der Waals surface area contributed by atoms with Gasteiger partial charge in [-0.3, -0.25) is 4.79 Å². The van der Waals surface area contributed by atoms with Crippen molar-refractivity contribution < 1.29 is 9.90 Å². The fourth-order valence-corrected chi connectivity index (χ4v) is 2.73. The summed E-state index contributed by atoms with van der Waals surface area (Å²) < 4.78 is 1.75. The van der Waals surface area contributed by atoms with Crippen molar-refractivity contribution in [3.63, 3.8) is 0 Å². The third kappa shape index (κ3) is 3.46. The van der Waals surface area contributed by atoms with Gasteiger partial charge < -0.3 is 10.8 Å². The molecule has 0 radical (unpaired) electrons. The molecule has 0 bridgehead atoms. The average Bonchev–Trinajstić information content (AvgIpc) is 3.06. The van der Waals surface area contributed by atoms with Crippen molar-refractivity contribution in [2.75, 3.05) is 0 Å². The molecule has 7 nitrogen and oxygen atoms in total. The van der Waals surface area contributed by atoms with Gasteiger partial charge in [-0.2, -0.15) is 0 Å². The van der Waals surface area contributed by atoms with Crippen LogP contribution in [-0.2, 0) is 0 Å². The highest BCUT2D eigenvalue weighted by Crippen LogP contribution is 2.26. The molecular weight excluding hydrogens is 342 g/mol. The van der Waals surface area contributed by atoms with E-state index >= 15 is 0 Å². The second-order valence-corrected chi connectivity index (χ2v) is 5.95. The maximum absolute atomic E-state index is 11.1. The molecule has 25 heavy (non-hydrogen) atoms. The lowest BCUT2D eigenvalue weighted by Crippen LogP contribution is -2.13. The third-order valence-corrected chi connectivity index (χ3v) is 4.12. The Balaban J connectivity index is 1.92. The standard InChI is InChI=1S/C17H16ClN5O2/c1-2-14(10-3-5-12(18)6-4-10)23-9-13(21-22-23)11-7-15(24)16(17(19)25)20-8-11/h3-9,14,24H,2H2,1H3,(H2,19,25). The molecule has 3 aromatic rings. The summed E-state index contributed by atoms with van der Waals surface area (Å²) in [4.78, 5) is 15.0. The number of hydrogen-bond donors (Lipinski definition) is 2. The monoisotopic (exact) mass is 357 g/mol. The Bertz CT molecular complexity index is 908. The number of amides is 1. The van der Waals surface area contributed by atoms with Crippen molar-refractivity contribution >= 4 is 17.5 Å². The smallest absolute Gasteiger partial charge is 0.271 e. The zero-order chi connectivity index (χ0) is 18.0. The van der Waals surface area contributed by atoms with Gasteiger partial charge in [-0.25, -0.2) is 9.67 Å². The Kier molecular flexibility index (Phi) is 4.67. The molecule has 2 heterocycles. The highest BCUT2D eigenvalue weighted by Gasteiger charge is 2.16. The summed E-state index contributed by atoms with van der Waals surface area (Å²) in [5.74, 6) is -1.08. The van der Waals surface area contributed by atoms with Crippen LogP contribution in [0.25, 0.3) is 11.3 Å². The molecule has 1 atom stereocenters. The quantitative estimate of drug-likeness (QED) is 0.730. The molecule has 128 valence electrons. The van der Waals surface area contributed by atoms with Crippen LogP contribution >= 0.6 is 11.6 Å². The van der Waals surface area contributed by atoms with Crippen LogP contribution in [0.15, 0.2) is 42.7 Å². The maximum atomic E-state index is 11.1. The summed E-state index contributed by atoms with van der Waals surface area (Å²) in [7, 11) is 0. The van der Waals surface area contributed by atoms with E-state index < -0.39 is 5.91 Å². The molecule has 8 heteroatoms. The Morgan fingerprint density at radius 2 is 2.08 bits per heavy atom. The number of hydrogen-bond acceptors (Lipinski definition) is 5. The first-order valence-corrected chi connectivity index (χ1v) is 8.04. The molecule has 1 amide bonds. The molecule has 3 rings (SSSR count). The number of primary amides is 1. The fourth-order valence-electron chi connectivity index (χ4n) is 2.60. The summed E-state index contributed by atoms with van der Waals surface area (Å²) >= 11 is 5.94. The molecule has 0 aliphatic rings. The van der Waals surface area contributed by atoms with Crippen LogP contribution in [0.1, 0.15) is 35.4 Å². The lowest BCUT2D eigenvalue weighted by molar-refractivity contribution is 0.0993. The van der Waals surface area contributed by atoms with Crippen LogP contribution in [0, 0.1) is 0 Å². The van der Waals surface area contributed by atoms with Gasteiger partial charge in [-0.05, 0) is 30.2 Å². The zero-order valence-electron chi connectivity index (χ0n) is 13.4. The Morgan fingerprint density at radius 1 is 1.36 bits per heavy atom. The van der Waals surface area contributed by atoms with Crippen LogP contribution < -0.4 is 5.73 Å². The van der Waals surface area contributed by atoms with Gasteiger partial charge >= 0.3 is 0 Å². The van der Waals surface area contributed by atoms with E-state index in [1.807, 2.05) is 24.3 Å². The average molecular weight is 358 g/mol. The SMILES string of the molecule is CCC(c1ccc(Cl)cc1)n1cc(-c2cnc(C(N)=O)c(O)c2)nn1. The van der Waals surface area contributed by atoms with E-state index in [0.29, 0.717) is 16.3 Å². The fraction of sp³-hybridized carbons (Fsp3) is 0.176. The molecule has 1 unspecified atom stereocenters. The van der Waals surface area contributed by atoms with Crippen LogP contribution in [0.5, 0.6) is 5.75 Å². The van der Waals surface area contributed by atoms with Crippen LogP contribution in [-0.4, -0.2) is 31.0 Å². The second kappa shape index (κ2) is 6.90. The largest absolute Gasteiger partial charge is 0.505 e. The van der Waals surface area contributed by atoms with Gasteiger partial charge in [0.1, 0.15) is 11.4 Å². The molecule has 0 fully saturated rings. The zero-order valence-corrected chi connectivity index (χ0v) is 14.2. The minimum absolute atomic E-state index is 0.00460. The molecule has 0 spiro atoms. The lowest BCUT2D eigenvalue weighted by Gasteiger charge is -2.15. The van der Waals surface area contributed by atoms with Crippen LogP contribution in [0.4, 0.5) is 0 Å². The lowest BCUT2D eigenvalue weighted by atomic mass is 10.1. The number of aromatic hydroxyl groups is 1. The first-order chi connectivity index (χ1) is 12.0. The van der Waals surface area contributed by atoms with Gasteiger partial charge in [0.2, 0.25) is 0 Å². The predicted octanol–water partition coefficient (Wildman–Crippen LogP) is 2.80. The number of benzene rings is 1. The van der Waals surface area contributed by atoms with E-state index in [4.69, 9.17) is 17.3 Å². The van der Waals surface area contributed by atoms with Gasteiger partial charge in [0, 0.05) is 16.8 Å². The van der Waals surface area contributed by atoms with Gasteiger partial charge in [-0.15, -0.1) is 5.10 Å². The minimum Gasteiger partial charge on any atom is -0.505 e. The van der Waals surface area contributed by atoms with E-state index in [1.54, 1.807) is 10.9 Å². The third-order valence-electron chi connectivity index (χ3n) is 3.87. The second-order valence-electron chi connectivity index (χ2n) is 5.52. The van der Waals surface area contributed by atoms with Crippen molar-refractivity contribution in [1.29, 1.82) is 0 Å².